The van der Waals surface area contributed by atoms with Gasteiger partial charge < -0.3 is 9.47 Å². The highest BCUT2D eigenvalue weighted by Gasteiger charge is 2.26. The molecule has 1 amide bonds. The Morgan fingerprint density at radius 3 is 2.44 bits per heavy atom. The lowest BCUT2D eigenvalue weighted by Crippen LogP contribution is -2.40. The van der Waals surface area contributed by atoms with Crippen LogP contribution in [-0.4, -0.2) is 33.4 Å². The van der Waals surface area contributed by atoms with Crippen LogP contribution in [0, 0.1) is 11.8 Å². The Balaban J connectivity index is 1.29. The van der Waals surface area contributed by atoms with Crippen molar-refractivity contribution in [3.63, 3.8) is 0 Å². The highest BCUT2D eigenvalue weighted by atomic mass is 16.2. The van der Waals surface area contributed by atoms with Crippen LogP contribution in [0.4, 0.5) is 0 Å². The van der Waals surface area contributed by atoms with Crippen LogP contribution >= 0.6 is 0 Å². The monoisotopic (exact) mass is 365 g/mol. The second-order valence-corrected chi connectivity index (χ2v) is 8.30. The van der Waals surface area contributed by atoms with E-state index in [-0.39, 0.29) is 0 Å². The van der Waals surface area contributed by atoms with Crippen LogP contribution < -0.4 is 0 Å². The number of nitrogens with zero attached hydrogens (tertiary/aromatic N) is 3. The fraction of sp³-hybridized carbons (Fsp3) is 0.565. The molecule has 27 heavy (non-hydrogen) atoms. The summed E-state index contributed by atoms with van der Waals surface area (Å²) in [5.74, 6) is 2.71. The molecule has 4 heteroatoms. The molecule has 0 atom stereocenters. The van der Waals surface area contributed by atoms with Crippen molar-refractivity contribution >= 4 is 5.91 Å². The van der Waals surface area contributed by atoms with Crippen LogP contribution in [0.5, 0.6) is 0 Å². The van der Waals surface area contributed by atoms with Gasteiger partial charge in [-0.2, -0.15) is 0 Å². The van der Waals surface area contributed by atoms with Crippen molar-refractivity contribution in [3.05, 3.63) is 42.7 Å². The molecule has 1 aliphatic carbocycles. The van der Waals surface area contributed by atoms with Gasteiger partial charge in [0, 0.05) is 44.0 Å². The maximum absolute atomic E-state index is 12.6. The summed E-state index contributed by atoms with van der Waals surface area (Å²) >= 11 is 0. The van der Waals surface area contributed by atoms with Crippen molar-refractivity contribution in [2.75, 3.05) is 13.1 Å². The van der Waals surface area contributed by atoms with Gasteiger partial charge in [-0.05, 0) is 37.5 Å². The van der Waals surface area contributed by atoms with Gasteiger partial charge in [0.1, 0.15) is 5.82 Å². The molecule has 0 N–H and O–H groups in total. The number of carbonyl (C=O) groups is 1. The Morgan fingerprint density at radius 2 is 1.70 bits per heavy atom. The third kappa shape index (κ3) is 4.60. The maximum atomic E-state index is 12.6. The molecule has 1 aromatic heterocycles. The first kappa shape index (κ1) is 18.3. The number of imidazole rings is 1. The number of amides is 1. The van der Waals surface area contributed by atoms with Gasteiger partial charge in [-0.25, -0.2) is 4.98 Å². The van der Waals surface area contributed by atoms with Gasteiger partial charge in [-0.3, -0.25) is 4.79 Å². The first-order chi connectivity index (χ1) is 13.3. The van der Waals surface area contributed by atoms with E-state index in [1.54, 1.807) is 0 Å². The van der Waals surface area contributed by atoms with Crippen LogP contribution in [0.1, 0.15) is 51.4 Å². The number of piperidine rings is 1. The molecule has 4 rings (SSSR count). The van der Waals surface area contributed by atoms with E-state index in [2.05, 4.69) is 44.9 Å². The van der Waals surface area contributed by atoms with Crippen molar-refractivity contribution < 1.29 is 4.79 Å². The summed E-state index contributed by atoms with van der Waals surface area (Å²) in [5, 5.41) is 0. The maximum Gasteiger partial charge on any atom is 0.222 e. The second kappa shape index (κ2) is 8.73. The molecule has 2 aliphatic rings. The molecule has 144 valence electrons. The molecule has 0 spiro atoms. The summed E-state index contributed by atoms with van der Waals surface area (Å²) in [4.78, 5) is 19.3. The number of hydrogen-bond acceptors (Lipinski definition) is 2. The van der Waals surface area contributed by atoms with Crippen molar-refractivity contribution in [2.24, 2.45) is 11.8 Å². The quantitative estimate of drug-likeness (QED) is 0.766. The molecule has 1 saturated carbocycles. The van der Waals surface area contributed by atoms with Crippen molar-refractivity contribution in [1.82, 2.24) is 14.5 Å². The molecule has 2 fully saturated rings. The molecule has 0 bridgehead atoms. The van der Waals surface area contributed by atoms with Crippen molar-refractivity contribution in [2.45, 2.75) is 57.9 Å². The molecular formula is C23H31N3O. The lowest BCUT2D eigenvalue weighted by Gasteiger charge is -2.33. The fourth-order valence-electron chi connectivity index (χ4n) is 4.71. The number of likely N-dealkylation sites (tertiary alicyclic amines) is 1. The van der Waals surface area contributed by atoms with Gasteiger partial charge in [0.25, 0.3) is 0 Å². The van der Waals surface area contributed by atoms with Gasteiger partial charge in [0.15, 0.2) is 0 Å². The minimum Gasteiger partial charge on any atom is -0.343 e. The SMILES string of the molecule is O=C(CC1CCCCC1)N1CCC(Cn2ccnc2-c2ccccc2)CC1. The highest BCUT2D eigenvalue weighted by molar-refractivity contribution is 5.76. The zero-order chi connectivity index (χ0) is 18.5. The molecule has 1 saturated heterocycles. The Hall–Kier alpha value is -2.10. The third-order valence-electron chi connectivity index (χ3n) is 6.36. The largest absolute Gasteiger partial charge is 0.343 e. The fourth-order valence-corrected chi connectivity index (χ4v) is 4.71. The van der Waals surface area contributed by atoms with E-state index in [1.165, 1.54) is 37.7 Å². The van der Waals surface area contributed by atoms with E-state index >= 15 is 0 Å². The number of rotatable bonds is 5. The zero-order valence-corrected chi connectivity index (χ0v) is 16.2. The minimum atomic E-state index is 0.396. The van der Waals surface area contributed by atoms with E-state index in [0.29, 0.717) is 17.7 Å². The van der Waals surface area contributed by atoms with Crippen molar-refractivity contribution in [1.29, 1.82) is 0 Å². The van der Waals surface area contributed by atoms with Crippen LogP contribution in [0.3, 0.4) is 0 Å². The van der Waals surface area contributed by atoms with Gasteiger partial charge in [-0.1, -0.05) is 49.6 Å². The van der Waals surface area contributed by atoms with E-state index < -0.39 is 0 Å². The van der Waals surface area contributed by atoms with Gasteiger partial charge in [-0.15, -0.1) is 0 Å². The summed E-state index contributed by atoms with van der Waals surface area (Å²) < 4.78 is 2.28. The minimum absolute atomic E-state index is 0.396. The van der Waals surface area contributed by atoms with Gasteiger partial charge in [0.05, 0.1) is 0 Å². The third-order valence-corrected chi connectivity index (χ3v) is 6.36. The Morgan fingerprint density at radius 1 is 0.963 bits per heavy atom. The standard InChI is InChI=1S/C23H31N3O/c27-22(17-19-7-3-1-4-8-19)25-14-11-20(12-15-25)18-26-16-13-24-23(26)21-9-5-2-6-10-21/h2,5-6,9-10,13,16,19-20H,1,3-4,7-8,11-12,14-15,17-18H2. The summed E-state index contributed by atoms with van der Waals surface area (Å²) in [6, 6.07) is 10.4. The van der Waals surface area contributed by atoms with Gasteiger partial charge in [0.2, 0.25) is 5.91 Å². The lowest BCUT2D eigenvalue weighted by molar-refractivity contribution is -0.133. The molecule has 4 nitrogen and oxygen atoms in total. The second-order valence-electron chi connectivity index (χ2n) is 8.30. The first-order valence-corrected chi connectivity index (χ1v) is 10.6. The van der Waals surface area contributed by atoms with Crippen LogP contribution in [0.25, 0.3) is 11.4 Å². The molecule has 2 heterocycles. The highest BCUT2D eigenvalue weighted by Crippen LogP contribution is 2.28. The number of benzene rings is 1. The summed E-state index contributed by atoms with van der Waals surface area (Å²) in [6.45, 7) is 2.84. The van der Waals surface area contributed by atoms with Crippen LogP contribution in [0.15, 0.2) is 42.7 Å². The smallest absolute Gasteiger partial charge is 0.222 e. The Kier molecular flexibility index (Phi) is 5.90. The van der Waals surface area contributed by atoms with E-state index in [0.717, 1.165) is 44.7 Å². The molecule has 1 aliphatic heterocycles. The molecular weight excluding hydrogens is 334 g/mol. The Bertz CT molecular complexity index is 725. The molecule has 0 unspecified atom stereocenters. The predicted molar refractivity (Wildman–Crippen MR) is 108 cm³/mol. The molecule has 0 radical (unpaired) electrons. The van der Waals surface area contributed by atoms with E-state index in [1.807, 2.05) is 12.3 Å². The van der Waals surface area contributed by atoms with Gasteiger partial charge >= 0.3 is 0 Å². The summed E-state index contributed by atoms with van der Waals surface area (Å²) in [7, 11) is 0. The summed E-state index contributed by atoms with van der Waals surface area (Å²) in [6.07, 6.45) is 13.5. The number of aromatic nitrogens is 2. The molecule has 2 aromatic rings. The summed E-state index contributed by atoms with van der Waals surface area (Å²) in [5.41, 5.74) is 1.17. The molecule has 1 aromatic carbocycles. The number of carbonyl (C=O) groups excluding carboxylic acids is 1. The number of hydrogen-bond donors (Lipinski definition) is 0. The first-order valence-electron chi connectivity index (χ1n) is 10.6. The average molecular weight is 366 g/mol. The van der Waals surface area contributed by atoms with Crippen LogP contribution in [0.2, 0.25) is 0 Å². The zero-order valence-electron chi connectivity index (χ0n) is 16.2. The Labute approximate surface area is 162 Å². The van der Waals surface area contributed by atoms with E-state index in [9.17, 15) is 4.79 Å². The average Bonchev–Trinajstić information content (AvgIpc) is 3.18. The van der Waals surface area contributed by atoms with Crippen LogP contribution in [-0.2, 0) is 11.3 Å². The topological polar surface area (TPSA) is 38.1 Å². The normalized spacial score (nSPS) is 19.3. The lowest BCUT2D eigenvalue weighted by atomic mass is 9.86. The van der Waals surface area contributed by atoms with E-state index in [4.69, 9.17) is 0 Å². The predicted octanol–water partition coefficient (Wildman–Crippen LogP) is 4.76. The van der Waals surface area contributed by atoms with Crippen molar-refractivity contribution in [3.8, 4) is 11.4 Å².